The van der Waals surface area contributed by atoms with Gasteiger partial charge < -0.3 is 10.1 Å². The quantitative estimate of drug-likeness (QED) is 0.582. The van der Waals surface area contributed by atoms with Crippen LogP contribution in [0.25, 0.3) is 0 Å². The van der Waals surface area contributed by atoms with E-state index in [1.165, 1.54) is 0 Å². The minimum absolute atomic E-state index is 0.0664. The van der Waals surface area contributed by atoms with Gasteiger partial charge in [-0.3, -0.25) is 9.79 Å². The molecule has 0 unspecified atom stereocenters. The fraction of sp³-hybridized carbons (Fsp3) is 0.0909. The number of amides is 1. The molecule has 3 aromatic carbocycles. The summed E-state index contributed by atoms with van der Waals surface area (Å²) in [4.78, 5) is 16.4. The first kappa shape index (κ1) is 18.7. The summed E-state index contributed by atoms with van der Waals surface area (Å²) in [6.45, 7) is 1.88. The SMILES string of the molecule is Cc1ccc(N=Cc2cccc(OCC(=O)Nc3ccccc3)c2)cc1Cl. The number of para-hydroxylation sites is 1. The molecular weight excluding hydrogens is 360 g/mol. The van der Waals surface area contributed by atoms with Crippen LogP contribution in [-0.4, -0.2) is 18.7 Å². The fourth-order valence-corrected chi connectivity index (χ4v) is 2.54. The number of anilines is 1. The average molecular weight is 379 g/mol. The number of halogens is 1. The molecule has 4 nitrogen and oxygen atoms in total. The van der Waals surface area contributed by atoms with Gasteiger partial charge >= 0.3 is 0 Å². The lowest BCUT2D eigenvalue weighted by molar-refractivity contribution is -0.118. The standard InChI is InChI=1S/C22H19ClN2O2/c1-16-10-11-19(13-21(16)23)24-14-17-6-5-9-20(12-17)27-15-22(26)25-18-7-3-2-4-8-18/h2-14H,15H2,1H3,(H,25,26). The molecule has 0 bridgehead atoms. The Morgan fingerprint density at radius 2 is 1.89 bits per heavy atom. The van der Waals surface area contributed by atoms with Crippen LogP contribution in [0.3, 0.4) is 0 Å². The van der Waals surface area contributed by atoms with Crippen LogP contribution in [0.4, 0.5) is 11.4 Å². The molecule has 0 saturated carbocycles. The molecule has 1 N–H and O–H groups in total. The molecule has 1 amide bonds. The average Bonchev–Trinajstić information content (AvgIpc) is 2.68. The minimum atomic E-state index is -0.213. The van der Waals surface area contributed by atoms with Crippen molar-refractivity contribution in [2.45, 2.75) is 6.92 Å². The van der Waals surface area contributed by atoms with Gasteiger partial charge in [-0.25, -0.2) is 0 Å². The number of aryl methyl sites for hydroxylation is 1. The van der Waals surface area contributed by atoms with E-state index in [1.54, 1.807) is 12.3 Å². The van der Waals surface area contributed by atoms with Crippen molar-refractivity contribution in [1.29, 1.82) is 0 Å². The zero-order valence-corrected chi connectivity index (χ0v) is 15.6. The van der Waals surface area contributed by atoms with Crippen LogP contribution < -0.4 is 10.1 Å². The first-order chi connectivity index (χ1) is 13.1. The number of aliphatic imine (C=N–C) groups is 1. The van der Waals surface area contributed by atoms with E-state index in [9.17, 15) is 4.79 Å². The van der Waals surface area contributed by atoms with Gasteiger partial charge in [0.05, 0.1) is 5.69 Å². The molecule has 0 aliphatic rings. The molecule has 136 valence electrons. The van der Waals surface area contributed by atoms with Crippen molar-refractivity contribution < 1.29 is 9.53 Å². The van der Waals surface area contributed by atoms with Gasteiger partial charge in [-0.2, -0.15) is 0 Å². The Hall–Kier alpha value is -3.11. The molecule has 0 aromatic heterocycles. The van der Waals surface area contributed by atoms with Gasteiger partial charge in [0.2, 0.25) is 0 Å². The largest absolute Gasteiger partial charge is 0.484 e. The molecule has 0 aliphatic heterocycles. The van der Waals surface area contributed by atoms with Crippen LogP contribution in [0.15, 0.2) is 77.8 Å². The fourth-order valence-electron chi connectivity index (χ4n) is 2.36. The maximum absolute atomic E-state index is 12.0. The van der Waals surface area contributed by atoms with Gasteiger partial charge in [-0.1, -0.05) is 48.0 Å². The van der Waals surface area contributed by atoms with Crippen molar-refractivity contribution in [3.8, 4) is 5.75 Å². The lowest BCUT2D eigenvalue weighted by Gasteiger charge is -2.08. The summed E-state index contributed by atoms with van der Waals surface area (Å²) in [5.74, 6) is 0.388. The molecule has 3 aromatic rings. The lowest BCUT2D eigenvalue weighted by atomic mass is 10.2. The monoisotopic (exact) mass is 378 g/mol. The maximum atomic E-state index is 12.0. The van der Waals surface area contributed by atoms with Crippen LogP contribution >= 0.6 is 11.6 Å². The number of benzene rings is 3. The van der Waals surface area contributed by atoms with E-state index in [2.05, 4.69) is 10.3 Å². The van der Waals surface area contributed by atoms with Gasteiger partial charge in [-0.05, 0) is 54.4 Å². The maximum Gasteiger partial charge on any atom is 0.262 e. The first-order valence-corrected chi connectivity index (χ1v) is 8.86. The van der Waals surface area contributed by atoms with Gasteiger partial charge in [0.25, 0.3) is 5.91 Å². The van der Waals surface area contributed by atoms with Crippen LogP contribution in [0.2, 0.25) is 5.02 Å². The lowest BCUT2D eigenvalue weighted by Crippen LogP contribution is -2.20. The van der Waals surface area contributed by atoms with E-state index < -0.39 is 0 Å². The predicted octanol–water partition coefficient (Wildman–Crippen LogP) is 5.42. The normalized spacial score (nSPS) is 10.7. The van der Waals surface area contributed by atoms with Crippen molar-refractivity contribution in [3.63, 3.8) is 0 Å². The van der Waals surface area contributed by atoms with Crippen LogP contribution in [0.1, 0.15) is 11.1 Å². The van der Waals surface area contributed by atoms with Crippen molar-refractivity contribution in [2.75, 3.05) is 11.9 Å². The summed E-state index contributed by atoms with van der Waals surface area (Å²) in [6.07, 6.45) is 1.73. The third-order valence-electron chi connectivity index (χ3n) is 3.80. The van der Waals surface area contributed by atoms with Gasteiger partial charge in [0, 0.05) is 16.9 Å². The van der Waals surface area contributed by atoms with Gasteiger partial charge in [0.15, 0.2) is 6.61 Å². The number of nitrogens with zero attached hydrogens (tertiary/aromatic N) is 1. The zero-order chi connectivity index (χ0) is 19.1. The van der Waals surface area contributed by atoms with Crippen molar-refractivity contribution in [3.05, 3.63) is 88.9 Å². The summed E-state index contributed by atoms with van der Waals surface area (Å²) >= 11 is 6.12. The van der Waals surface area contributed by atoms with E-state index in [0.717, 1.165) is 22.5 Å². The van der Waals surface area contributed by atoms with E-state index >= 15 is 0 Å². The number of hydrogen-bond donors (Lipinski definition) is 1. The Morgan fingerprint density at radius 3 is 2.67 bits per heavy atom. The number of nitrogens with one attached hydrogen (secondary N) is 1. The molecule has 27 heavy (non-hydrogen) atoms. The highest BCUT2D eigenvalue weighted by Gasteiger charge is 2.04. The number of carbonyl (C=O) groups is 1. The third kappa shape index (κ3) is 5.69. The molecular formula is C22H19ClN2O2. The van der Waals surface area contributed by atoms with Crippen molar-refractivity contribution in [2.24, 2.45) is 4.99 Å². The second kappa shape index (κ2) is 9.01. The Bertz CT molecular complexity index is 956. The molecule has 0 saturated heterocycles. The summed E-state index contributed by atoms with van der Waals surface area (Å²) in [5, 5.41) is 3.47. The van der Waals surface area contributed by atoms with E-state index in [1.807, 2.05) is 73.7 Å². The van der Waals surface area contributed by atoms with Crippen molar-refractivity contribution in [1.82, 2.24) is 0 Å². The van der Waals surface area contributed by atoms with E-state index in [-0.39, 0.29) is 12.5 Å². The Kier molecular flexibility index (Phi) is 6.23. The second-order valence-electron chi connectivity index (χ2n) is 5.97. The van der Waals surface area contributed by atoms with E-state index in [4.69, 9.17) is 16.3 Å². The highest BCUT2D eigenvalue weighted by molar-refractivity contribution is 6.31. The Morgan fingerprint density at radius 1 is 1.07 bits per heavy atom. The summed E-state index contributed by atoms with van der Waals surface area (Å²) in [6, 6.07) is 22.3. The minimum Gasteiger partial charge on any atom is -0.484 e. The summed E-state index contributed by atoms with van der Waals surface area (Å²) in [5.41, 5.74) is 3.40. The Balaban J connectivity index is 1.59. The van der Waals surface area contributed by atoms with Crippen LogP contribution in [-0.2, 0) is 4.79 Å². The predicted molar refractivity (Wildman–Crippen MR) is 110 cm³/mol. The molecule has 0 heterocycles. The highest BCUT2D eigenvalue weighted by Crippen LogP contribution is 2.22. The molecule has 0 atom stereocenters. The Labute approximate surface area is 163 Å². The van der Waals surface area contributed by atoms with Gasteiger partial charge in [0.1, 0.15) is 5.75 Å². The molecule has 3 rings (SSSR count). The third-order valence-corrected chi connectivity index (χ3v) is 4.21. The van der Waals surface area contributed by atoms with Gasteiger partial charge in [-0.15, -0.1) is 0 Å². The highest BCUT2D eigenvalue weighted by atomic mass is 35.5. The number of carbonyl (C=O) groups excluding carboxylic acids is 1. The van der Waals surface area contributed by atoms with Crippen LogP contribution in [0.5, 0.6) is 5.75 Å². The topological polar surface area (TPSA) is 50.7 Å². The number of ether oxygens (including phenoxy) is 1. The number of rotatable bonds is 6. The molecule has 0 radical (unpaired) electrons. The van der Waals surface area contributed by atoms with Crippen molar-refractivity contribution >= 4 is 35.1 Å². The first-order valence-electron chi connectivity index (χ1n) is 8.48. The van der Waals surface area contributed by atoms with E-state index in [0.29, 0.717) is 10.8 Å². The zero-order valence-electron chi connectivity index (χ0n) is 14.9. The summed E-state index contributed by atoms with van der Waals surface area (Å²) < 4.78 is 5.57. The summed E-state index contributed by atoms with van der Waals surface area (Å²) in [7, 11) is 0. The molecule has 0 fully saturated rings. The number of hydrogen-bond acceptors (Lipinski definition) is 3. The smallest absolute Gasteiger partial charge is 0.262 e. The molecule has 5 heteroatoms. The molecule has 0 spiro atoms. The molecule has 0 aliphatic carbocycles. The van der Waals surface area contributed by atoms with Crippen LogP contribution in [0, 0.1) is 6.92 Å². The second-order valence-corrected chi connectivity index (χ2v) is 6.37.